The summed E-state index contributed by atoms with van der Waals surface area (Å²) in [7, 11) is 0. The number of hydrogen-bond donors (Lipinski definition) is 2. The van der Waals surface area contributed by atoms with E-state index in [0.29, 0.717) is 30.9 Å². The Kier molecular flexibility index (Phi) is 7.19. The van der Waals surface area contributed by atoms with Crippen molar-refractivity contribution in [2.45, 2.75) is 19.8 Å². The summed E-state index contributed by atoms with van der Waals surface area (Å²) in [5, 5.41) is 5.90. The molecule has 7 nitrogen and oxygen atoms in total. The molecular formula is C26H28N4O3. The van der Waals surface area contributed by atoms with Crippen molar-refractivity contribution in [1.82, 2.24) is 4.98 Å². The largest absolute Gasteiger partial charge is 0.494 e. The average molecular weight is 445 g/mol. The highest BCUT2D eigenvalue weighted by atomic mass is 16.5. The van der Waals surface area contributed by atoms with Crippen LogP contribution in [-0.4, -0.2) is 36.5 Å². The molecule has 1 aliphatic rings. The molecule has 4 rings (SSSR count). The molecule has 2 amide bonds. The number of nitrogens with one attached hydrogen (secondary N) is 2. The van der Waals surface area contributed by atoms with Crippen molar-refractivity contribution in [1.29, 1.82) is 0 Å². The summed E-state index contributed by atoms with van der Waals surface area (Å²) in [6, 6.07) is 20.3. The number of pyridine rings is 1. The summed E-state index contributed by atoms with van der Waals surface area (Å²) in [5.74, 6) is 1.34. The second-order valence-electron chi connectivity index (χ2n) is 7.93. The molecule has 33 heavy (non-hydrogen) atoms. The Balaban J connectivity index is 1.33. The monoisotopic (exact) mass is 444 g/mol. The Morgan fingerprint density at radius 3 is 2.36 bits per heavy atom. The number of para-hydroxylation sites is 1. The number of hydrogen-bond acceptors (Lipinski definition) is 5. The molecule has 0 unspecified atom stereocenters. The fourth-order valence-electron chi connectivity index (χ4n) is 3.87. The lowest BCUT2D eigenvalue weighted by Crippen LogP contribution is -2.38. The highest BCUT2D eigenvalue weighted by Crippen LogP contribution is 2.24. The first-order valence-corrected chi connectivity index (χ1v) is 11.2. The van der Waals surface area contributed by atoms with Crippen LogP contribution in [0.3, 0.4) is 0 Å². The van der Waals surface area contributed by atoms with E-state index in [9.17, 15) is 9.59 Å². The van der Waals surface area contributed by atoms with E-state index in [4.69, 9.17) is 4.74 Å². The standard InChI is InChI=1S/C26H28N4O3/c1-2-33-23-10-8-22(9-11-23)29-26(32)20-12-15-27-24(18-20)30-16-13-19(14-17-30)25(31)28-21-6-4-3-5-7-21/h3-12,15,18-19H,2,13-14,16-17H2,1H3,(H,28,31)(H,29,32). The molecule has 0 saturated carbocycles. The maximum atomic E-state index is 12.7. The van der Waals surface area contributed by atoms with E-state index in [0.717, 1.165) is 30.1 Å². The first-order chi connectivity index (χ1) is 16.1. The summed E-state index contributed by atoms with van der Waals surface area (Å²) < 4.78 is 5.43. The molecule has 170 valence electrons. The Morgan fingerprint density at radius 2 is 1.67 bits per heavy atom. The molecule has 1 aromatic heterocycles. The van der Waals surface area contributed by atoms with Gasteiger partial charge in [-0.15, -0.1) is 0 Å². The van der Waals surface area contributed by atoms with Crippen molar-refractivity contribution in [3.05, 3.63) is 78.5 Å². The lowest BCUT2D eigenvalue weighted by molar-refractivity contribution is -0.120. The van der Waals surface area contributed by atoms with Crippen LogP contribution in [0.25, 0.3) is 0 Å². The molecule has 0 bridgehead atoms. The third-order valence-corrected chi connectivity index (χ3v) is 5.66. The van der Waals surface area contributed by atoms with E-state index in [1.807, 2.05) is 61.5 Å². The lowest BCUT2D eigenvalue weighted by atomic mass is 9.95. The van der Waals surface area contributed by atoms with Gasteiger partial charge in [0.25, 0.3) is 5.91 Å². The number of carbonyl (C=O) groups excluding carboxylic acids is 2. The number of aromatic nitrogens is 1. The summed E-state index contributed by atoms with van der Waals surface area (Å²) >= 11 is 0. The predicted octanol–water partition coefficient (Wildman–Crippen LogP) is 4.59. The number of anilines is 3. The summed E-state index contributed by atoms with van der Waals surface area (Å²) in [6.45, 7) is 3.95. The fraction of sp³-hybridized carbons (Fsp3) is 0.269. The van der Waals surface area contributed by atoms with Crippen LogP contribution in [0.1, 0.15) is 30.1 Å². The SMILES string of the molecule is CCOc1ccc(NC(=O)c2ccnc(N3CCC(C(=O)Nc4ccccc4)CC3)c2)cc1. The average Bonchev–Trinajstić information content (AvgIpc) is 2.86. The summed E-state index contributed by atoms with van der Waals surface area (Å²) in [4.78, 5) is 31.9. The van der Waals surface area contributed by atoms with Gasteiger partial charge in [-0.3, -0.25) is 9.59 Å². The van der Waals surface area contributed by atoms with Crippen LogP contribution in [0.4, 0.5) is 17.2 Å². The molecule has 1 saturated heterocycles. The second kappa shape index (κ2) is 10.6. The molecular weight excluding hydrogens is 416 g/mol. The molecule has 0 radical (unpaired) electrons. The molecule has 2 aromatic carbocycles. The Labute approximate surface area is 193 Å². The Hall–Kier alpha value is -3.87. The molecule has 3 aromatic rings. The number of ether oxygens (including phenoxy) is 1. The number of benzene rings is 2. The molecule has 2 heterocycles. The van der Waals surface area contributed by atoms with Crippen LogP contribution in [0.2, 0.25) is 0 Å². The van der Waals surface area contributed by atoms with Crippen molar-refractivity contribution in [3.8, 4) is 5.75 Å². The minimum Gasteiger partial charge on any atom is -0.494 e. The van der Waals surface area contributed by atoms with Crippen LogP contribution in [0.15, 0.2) is 72.9 Å². The highest BCUT2D eigenvalue weighted by Gasteiger charge is 2.26. The fourth-order valence-corrected chi connectivity index (χ4v) is 3.87. The van der Waals surface area contributed by atoms with Gasteiger partial charge >= 0.3 is 0 Å². The molecule has 0 aliphatic carbocycles. The maximum Gasteiger partial charge on any atom is 0.255 e. The summed E-state index contributed by atoms with van der Waals surface area (Å²) in [6.07, 6.45) is 3.13. The molecule has 2 N–H and O–H groups in total. The van der Waals surface area contributed by atoms with Gasteiger partial charge in [-0.25, -0.2) is 4.98 Å². The molecule has 7 heteroatoms. The lowest BCUT2D eigenvalue weighted by Gasteiger charge is -2.32. The van der Waals surface area contributed by atoms with Gasteiger partial charge in [-0.2, -0.15) is 0 Å². The topological polar surface area (TPSA) is 83.6 Å². The molecule has 1 fully saturated rings. The van der Waals surface area contributed by atoms with Crippen LogP contribution >= 0.6 is 0 Å². The second-order valence-corrected chi connectivity index (χ2v) is 7.93. The first-order valence-electron chi connectivity index (χ1n) is 11.2. The van der Waals surface area contributed by atoms with Gasteiger partial charge in [0.15, 0.2) is 0 Å². The Bertz CT molecular complexity index is 1080. The van der Waals surface area contributed by atoms with Gasteiger partial charge < -0.3 is 20.3 Å². The number of piperidine rings is 1. The third-order valence-electron chi connectivity index (χ3n) is 5.66. The van der Waals surface area contributed by atoms with Crippen molar-refractivity contribution in [2.24, 2.45) is 5.92 Å². The number of amides is 2. The maximum absolute atomic E-state index is 12.7. The first kappa shape index (κ1) is 22.3. The normalized spacial score (nSPS) is 13.9. The minimum atomic E-state index is -0.195. The van der Waals surface area contributed by atoms with Crippen LogP contribution in [-0.2, 0) is 4.79 Å². The van der Waals surface area contributed by atoms with E-state index in [-0.39, 0.29) is 17.7 Å². The molecule has 0 atom stereocenters. The van der Waals surface area contributed by atoms with Crippen LogP contribution < -0.4 is 20.3 Å². The zero-order chi connectivity index (χ0) is 23.0. The third kappa shape index (κ3) is 5.88. The number of rotatable bonds is 7. The zero-order valence-corrected chi connectivity index (χ0v) is 18.7. The van der Waals surface area contributed by atoms with E-state index < -0.39 is 0 Å². The smallest absolute Gasteiger partial charge is 0.255 e. The predicted molar refractivity (Wildman–Crippen MR) is 130 cm³/mol. The quantitative estimate of drug-likeness (QED) is 0.557. The van der Waals surface area contributed by atoms with Gasteiger partial charge in [0.2, 0.25) is 5.91 Å². The van der Waals surface area contributed by atoms with E-state index in [1.54, 1.807) is 18.3 Å². The van der Waals surface area contributed by atoms with Crippen molar-refractivity contribution < 1.29 is 14.3 Å². The minimum absolute atomic E-state index is 0.0346. The van der Waals surface area contributed by atoms with Crippen molar-refractivity contribution in [2.75, 3.05) is 35.2 Å². The Morgan fingerprint density at radius 1 is 0.970 bits per heavy atom. The van der Waals surface area contributed by atoms with E-state index >= 15 is 0 Å². The van der Waals surface area contributed by atoms with E-state index in [2.05, 4.69) is 20.5 Å². The van der Waals surface area contributed by atoms with Gasteiger partial charge in [0, 0.05) is 42.1 Å². The molecule has 0 spiro atoms. The number of nitrogens with zero attached hydrogens (tertiary/aromatic N) is 2. The van der Waals surface area contributed by atoms with Crippen LogP contribution in [0, 0.1) is 5.92 Å². The molecule has 1 aliphatic heterocycles. The van der Waals surface area contributed by atoms with E-state index in [1.165, 1.54) is 0 Å². The highest BCUT2D eigenvalue weighted by molar-refractivity contribution is 6.04. The van der Waals surface area contributed by atoms with Gasteiger partial charge in [-0.1, -0.05) is 18.2 Å². The van der Waals surface area contributed by atoms with Crippen LogP contribution in [0.5, 0.6) is 5.75 Å². The van der Waals surface area contributed by atoms with Gasteiger partial charge in [-0.05, 0) is 68.3 Å². The van der Waals surface area contributed by atoms with Gasteiger partial charge in [0.1, 0.15) is 11.6 Å². The number of carbonyl (C=O) groups is 2. The summed E-state index contributed by atoms with van der Waals surface area (Å²) in [5.41, 5.74) is 2.06. The van der Waals surface area contributed by atoms with Crippen molar-refractivity contribution >= 4 is 29.0 Å². The zero-order valence-electron chi connectivity index (χ0n) is 18.7. The van der Waals surface area contributed by atoms with Crippen molar-refractivity contribution in [3.63, 3.8) is 0 Å². The van der Waals surface area contributed by atoms with Gasteiger partial charge in [0.05, 0.1) is 6.61 Å².